The van der Waals surface area contributed by atoms with Crippen LogP contribution in [-0.2, 0) is 6.54 Å². The van der Waals surface area contributed by atoms with E-state index in [0.717, 1.165) is 25.2 Å². The van der Waals surface area contributed by atoms with E-state index in [1.807, 2.05) is 30.3 Å². The first-order valence-corrected chi connectivity index (χ1v) is 7.86. The Balaban J connectivity index is 1.47. The zero-order valence-electron chi connectivity index (χ0n) is 13.3. The Morgan fingerprint density at radius 2 is 2.17 bits per heavy atom. The van der Waals surface area contributed by atoms with Gasteiger partial charge in [-0.3, -0.25) is 4.90 Å². The van der Waals surface area contributed by atoms with Crippen LogP contribution in [0.1, 0.15) is 17.8 Å². The maximum absolute atomic E-state index is 5.34. The predicted octanol–water partition coefficient (Wildman–Crippen LogP) is 0.347. The van der Waals surface area contributed by atoms with Gasteiger partial charge in [-0.25, -0.2) is 0 Å². The van der Waals surface area contributed by atoms with E-state index in [0.29, 0.717) is 24.1 Å². The van der Waals surface area contributed by atoms with Gasteiger partial charge in [0.05, 0.1) is 6.04 Å². The SMILES string of the molecule is CN1CCNCC1c1noc(Cn2nnc(-c3ccccc3)n2)n1. The number of likely N-dealkylation sites (N-methyl/N-ethyl adjacent to an activating group) is 1. The van der Waals surface area contributed by atoms with Crippen LogP contribution in [0, 0.1) is 0 Å². The summed E-state index contributed by atoms with van der Waals surface area (Å²) in [6.45, 7) is 3.05. The van der Waals surface area contributed by atoms with Crippen LogP contribution >= 0.6 is 0 Å². The highest BCUT2D eigenvalue weighted by Crippen LogP contribution is 2.18. The van der Waals surface area contributed by atoms with E-state index in [9.17, 15) is 0 Å². The zero-order valence-corrected chi connectivity index (χ0v) is 13.3. The Kier molecular flexibility index (Phi) is 4.01. The van der Waals surface area contributed by atoms with Crippen molar-refractivity contribution in [2.45, 2.75) is 12.6 Å². The second kappa shape index (κ2) is 6.46. The third-order valence-corrected chi connectivity index (χ3v) is 4.05. The lowest BCUT2D eigenvalue weighted by molar-refractivity contribution is 0.190. The van der Waals surface area contributed by atoms with Crippen molar-refractivity contribution in [3.05, 3.63) is 42.0 Å². The highest BCUT2D eigenvalue weighted by molar-refractivity contribution is 5.52. The number of rotatable bonds is 4. The number of tetrazole rings is 1. The molecular weight excluding hydrogens is 308 g/mol. The molecule has 0 bridgehead atoms. The molecule has 4 rings (SSSR count). The lowest BCUT2D eigenvalue weighted by Gasteiger charge is -2.30. The van der Waals surface area contributed by atoms with Gasteiger partial charge in [-0.1, -0.05) is 35.5 Å². The second-order valence-corrected chi connectivity index (χ2v) is 5.76. The Morgan fingerprint density at radius 3 is 3.00 bits per heavy atom. The fourth-order valence-corrected chi connectivity index (χ4v) is 2.70. The van der Waals surface area contributed by atoms with Crippen molar-refractivity contribution in [1.82, 2.24) is 40.6 Å². The molecule has 1 atom stereocenters. The zero-order chi connectivity index (χ0) is 16.4. The molecule has 1 aromatic carbocycles. The minimum absolute atomic E-state index is 0.125. The molecule has 0 spiro atoms. The number of hydrogen-bond donors (Lipinski definition) is 1. The van der Waals surface area contributed by atoms with Crippen LogP contribution in [-0.4, -0.2) is 61.9 Å². The fourth-order valence-electron chi connectivity index (χ4n) is 2.70. The van der Waals surface area contributed by atoms with Crippen LogP contribution in [0.3, 0.4) is 0 Å². The van der Waals surface area contributed by atoms with Crippen LogP contribution in [0.5, 0.6) is 0 Å². The number of piperazine rings is 1. The van der Waals surface area contributed by atoms with Crippen molar-refractivity contribution in [2.75, 3.05) is 26.7 Å². The molecule has 9 heteroatoms. The first-order valence-electron chi connectivity index (χ1n) is 7.86. The largest absolute Gasteiger partial charge is 0.337 e. The first kappa shape index (κ1) is 14.9. The van der Waals surface area contributed by atoms with E-state index in [-0.39, 0.29) is 6.04 Å². The van der Waals surface area contributed by atoms with E-state index in [1.165, 1.54) is 4.80 Å². The normalized spacial score (nSPS) is 18.8. The van der Waals surface area contributed by atoms with Gasteiger partial charge in [0.25, 0.3) is 0 Å². The molecule has 3 aromatic rings. The summed E-state index contributed by atoms with van der Waals surface area (Å²) in [4.78, 5) is 8.15. The van der Waals surface area contributed by atoms with Crippen molar-refractivity contribution in [2.24, 2.45) is 0 Å². The molecule has 1 aliphatic heterocycles. The maximum Gasteiger partial charge on any atom is 0.250 e. The monoisotopic (exact) mass is 326 g/mol. The van der Waals surface area contributed by atoms with Crippen molar-refractivity contribution in [3.8, 4) is 11.4 Å². The third-order valence-electron chi connectivity index (χ3n) is 4.05. The van der Waals surface area contributed by atoms with Crippen molar-refractivity contribution < 1.29 is 4.52 Å². The molecule has 3 heterocycles. The minimum atomic E-state index is 0.125. The molecule has 1 saturated heterocycles. The fraction of sp³-hybridized carbons (Fsp3) is 0.400. The minimum Gasteiger partial charge on any atom is -0.337 e. The third kappa shape index (κ3) is 3.03. The average Bonchev–Trinajstić information content (AvgIpc) is 3.26. The van der Waals surface area contributed by atoms with Gasteiger partial charge in [-0.2, -0.15) is 9.78 Å². The summed E-state index contributed by atoms with van der Waals surface area (Å²) in [5.74, 6) is 1.73. The van der Waals surface area contributed by atoms with Gasteiger partial charge in [0, 0.05) is 25.2 Å². The van der Waals surface area contributed by atoms with Crippen molar-refractivity contribution in [1.29, 1.82) is 0 Å². The van der Waals surface area contributed by atoms with Gasteiger partial charge < -0.3 is 9.84 Å². The van der Waals surface area contributed by atoms with Gasteiger partial charge >= 0.3 is 0 Å². The predicted molar refractivity (Wildman–Crippen MR) is 84.9 cm³/mol. The number of aromatic nitrogens is 6. The number of nitrogens with zero attached hydrogens (tertiary/aromatic N) is 7. The van der Waals surface area contributed by atoms with Crippen molar-refractivity contribution >= 4 is 0 Å². The smallest absolute Gasteiger partial charge is 0.250 e. The number of nitrogens with one attached hydrogen (secondary N) is 1. The topological polar surface area (TPSA) is 97.8 Å². The van der Waals surface area contributed by atoms with E-state index < -0.39 is 0 Å². The van der Waals surface area contributed by atoms with E-state index >= 15 is 0 Å². The Morgan fingerprint density at radius 1 is 1.29 bits per heavy atom. The summed E-state index contributed by atoms with van der Waals surface area (Å²) in [6, 6.07) is 9.84. The van der Waals surface area contributed by atoms with Crippen LogP contribution in [0.15, 0.2) is 34.9 Å². The lowest BCUT2D eigenvalue weighted by atomic mass is 10.2. The Bertz CT molecular complexity index is 799. The van der Waals surface area contributed by atoms with Gasteiger partial charge in [0.1, 0.15) is 6.54 Å². The Labute approximate surface area is 138 Å². The molecule has 0 radical (unpaired) electrons. The highest BCUT2D eigenvalue weighted by atomic mass is 16.5. The molecule has 9 nitrogen and oxygen atoms in total. The first-order chi connectivity index (χ1) is 11.8. The molecule has 0 saturated carbocycles. The highest BCUT2D eigenvalue weighted by Gasteiger charge is 2.25. The molecule has 1 N–H and O–H groups in total. The molecule has 24 heavy (non-hydrogen) atoms. The standard InChI is InChI=1S/C15H18N8O/c1-22-8-7-16-9-12(22)15-17-13(24-20-15)10-23-19-14(18-21-23)11-5-3-2-4-6-11/h2-6,12,16H,7-10H2,1H3. The summed E-state index contributed by atoms with van der Waals surface area (Å²) in [5, 5.41) is 19.9. The molecule has 2 aromatic heterocycles. The average molecular weight is 326 g/mol. The molecule has 1 unspecified atom stereocenters. The molecule has 1 aliphatic rings. The summed E-state index contributed by atoms with van der Waals surface area (Å²) >= 11 is 0. The van der Waals surface area contributed by atoms with E-state index in [1.54, 1.807) is 0 Å². The number of benzene rings is 1. The summed E-state index contributed by atoms with van der Waals surface area (Å²) in [7, 11) is 2.06. The Hall–Kier alpha value is -2.65. The summed E-state index contributed by atoms with van der Waals surface area (Å²) in [5.41, 5.74) is 0.921. The molecule has 0 amide bonds. The molecule has 1 fully saturated rings. The van der Waals surface area contributed by atoms with Crippen LogP contribution in [0.25, 0.3) is 11.4 Å². The van der Waals surface area contributed by atoms with Crippen LogP contribution in [0.2, 0.25) is 0 Å². The quantitative estimate of drug-likeness (QED) is 0.733. The maximum atomic E-state index is 5.34. The van der Waals surface area contributed by atoms with Crippen molar-refractivity contribution in [3.63, 3.8) is 0 Å². The van der Waals surface area contributed by atoms with Crippen LogP contribution in [0.4, 0.5) is 0 Å². The molecular formula is C15H18N8O. The summed E-state index contributed by atoms with van der Waals surface area (Å²) in [6.07, 6.45) is 0. The van der Waals surface area contributed by atoms with Crippen LogP contribution < -0.4 is 5.32 Å². The number of hydrogen-bond acceptors (Lipinski definition) is 8. The second-order valence-electron chi connectivity index (χ2n) is 5.76. The molecule has 0 aliphatic carbocycles. The summed E-state index contributed by atoms with van der Waals surface area (Å²) < 4.78 is 5.34. The van der Waals surface area contributed by atoms with E-state index in [4.69, 9.17) is 4.52 Å². The molecule has 124 valence electrons. The van der Waals surface area contributed by atoms with Gasteiger partial charge in [-0.05, 0) is 12.3 Å². The lowest BCUT2D eigenvalue weighted by Crippen LogP contribution is -2.44. The van der Waals surface area contributed by atoms with Gasteiger partial charge in [0.2, 0.25) is 11.7 Å². The van der Waals surface area contributed by atoms with E-state index in [2.05, 4.69) is 42.8 Å². The van der Waals surface area contributed by atoms with Gasteiger partial charge in [-0.15, -0.1) is 10.2 Å². The van der Waals surface area contributed by atoms with Gasteiger partial charge in [0.15, 0.2) is 5.82 Å².